The third-order valence-electron chi connectivity index (χ3n) is 5.73. The number of benzene rings is 3. The van der Waals surface area contributed by atoms with Crippen molar-refractivity contribution in [1.29, 1.82) is 0 Å². The fourth-order valence-electron chi connectivity index (χ4n) is 3.77. The zero-order valence-corrected chi connectivity index (χ0v) is 23.0. The van der Waals surface area contributed by atoms with Crippen LogP contribution in [-0.4, -0.2) is 35.0 Å². The lowest BCUT2D eigenvalue weighted by Crippen LogP contribution is -2.21. The first-order valence-electron chi connectivity index (χ1n) is 12.1. The predicted octanol–water partition coefficient (Wildman–Crippen LogP) is 6.64. The van der Waals surface area contributed by atoms with Crippen molar-refractivity contribution in [2.75, 3.05) is 17.7 Å². The van der Waals surface area contributed by atoms with E-state index >= 15 is 0 Å². The second kappa shape index (κ2) is 13.1. The van der Waals surface area contributed by atoms with Gasteiger partial charge >= 0.3 is 12.0 Å². The molecule has 0 fully saturated rings. The van der Waals surface area contributed by atoms with Gasteiger partial charge in [0.25, 0.3) is 0 Å². The van der Waals surface area contributed by atoms with E-state index in [-0.39, 0.29) is 12.2 Å². The van der Waals surface area contributed by atoms with Crippen molar-refractivity contribution >= 4 is 51.7 Å². The van der Waals surface area contributed by atoms with Gasteiger partial charge in [0.1, 0.15) is 5.75 Å². The lowest BCUT2D eigenvalue weighted by Gasteiger charge is -2.13. The molecule has 0 saturated carbocycles. The molecule has 1 aromatic heterocycles. The number of ether oxygens (including phenoxy) is 1. The number of hydrogen-bond acceptors (Lipinski definition) is 7. The van der Waals surface area contributed by atoms with Crippen LogP contribution >= 0.6 is 23.1 Å². The zero-order chi connectivity index (χ0) is 27.8. The molecule has 0 spiro atoms. The molecule has 0 unspecified atom stereocenters. The third kappa shape index (κ3) is 7.68. The Morgan fingerprint density at radius 3 is 2.51 bits per heavy atom. The number of ketones is 1. The van der Waals surface area contributed by atoms with Gasteiger partial charge in [-0.3, -0.25) is 14.9 Å². The van der Waals surface area contributed by atoms with Gasteiger partial charge in [-0.05, 0) is 55.3 Å². The summed E-state index contributed by atoms with van der Waals surface area (Å²) in [6.45, 7) is 1.88. The number of nitrogens with one attached hydrogen (secondary N) is 2. The number of aromatic nitrogens is 1. The minimum absolute atomic E-state index is 0.111. The van der Waals surface area contributed by atoms with Gasteiger partial charge in [-0.2, -0.15) is 0 Å². The molecule has 8 nitrogen and oxygen atoms in total. The molecule has 0 atom stereocenters. The van der Waals surface area contributed by atoms with Crippen LogP contribution in [0.5, 0.6) is 5.75 Å². The molecule has 0 saturated heterocycles. The number of methoxy groups -OCH3 is 1. The number of amides is 2. The number of carboxylic acid groups (broad SMARTS) is 1. The fourth-order valence-corrected chi connectivity index (χ4v) is 5.50. The Kier molecular flexibility index (Phi) is 9.35. The number of para-hydroxylation sites is 1. The number of carbonyl (C=O) groups is 3. The summed E-state index contributed by atoms with van der Waals surface area (Å²) < 4.78 is 5.34. The lowest BCUT2D eigenvalue weighted by atomic mass is 9.99. The normalized spacial score (nSPS) is 10.6. The number of thioether (sulfide) groups is 1. The topological polar surface area (TPSA) is 118 Å². The van der Waals surface area contributed by atoms with Gasteiger partial charge in [0.05, 0.1) is 18.4 Å². The molecule has 200 valence electrons. The Hall–Kier alpha value is -4.15. The smallest absolute Gasteiger partial charge is 0.325 e. The summed E-state index contributed by atoms with van der Waals surface area (Å²) in [5.74, 6) is 0.0688. The highest BCUT2D eigenvalue weighted by atomic mass is 32.2. The molecule has 0 aliphatic carbocycles. The first-order valence-corrected chi connectivity index (χ1v) is 13.9. The van der Waals surface area contributed by atoms with Crippen LogP contribution in [-0.2, 0) is 17.0 Å². The monoisotopic (exact) mass is 561 g/mol. The number of rotatable bonds is 11. The van der Waals surface area contributed by atoms with Crippen molar-refractivity contribution in [3.05, 3.63) is 100 Å². The van der Waals surface area contributed by atoms with Crippen LogP contribution in [0.3, 0.4) is 0 Å². The quantitative estimate of drug-likeness (QED) is 0.139. The van der Waals surface area contributed by atoms with E-state index in [9.17, 15) is 14.4 Å². The maximum Gasteiger partial charge on any atom is 0.325 e. The van der Waals surface area contributed by atoms with Crippen molar-refractivity contribution < 1.29 is 24.2 Å². The number of anilines is 2. The molecule has 3 aromatic carbocycles. The Balaban J connectivity index is 1.36. The molecule has 2 amide bonds. The molecule has 4 aromatic rings. The zero-order valence-electron chi connectivity index (χ0n) is 21.4. The molecule has 0 aliphatic heterocycles. The van der Waals surface area contributed by atoms with E-state index in [0.717, 1.165) is 20.9 Å². The number of urea groups is 1. The van der Waals surface area contributed by atoms with Gasteiger partial charge < -0.3 is 15.2 Å². The van der Waals surface area contributed by atoms with Gasteiger partial charge in [0.15, 0.2) is 10.9 Å². The molecule has 4 rings (SSSR count). The molecule has 39 heavy (non-hydrogen) atoms. The lowest BCUT2D eigenvalue weighted by molar-refractivity contribution is -0.136. The molecular formula is C29H27N3O5S2. The summed E-state index contributed by atoms with van der Waals surface area (Å²) in [7, 11) is 1.51. The van der Waals surface area contributed by atoms with Crippen molar-refractivity contribution in [3.63, 3.8) is 0 Å². The predicted molar refractivity (Wildman–Crippen MR) is 154 cm³/mol. The van der Waals surface area contributed by atoms with Crippen LogP contribution in [0.1, 0.15) is 38.3 Å². The highest BCUT2D eigenvalue weighted by Gasteiger charge is 2.19. The van der Waals surface area contributed by atoms with Crippen LogP contribution in [0, 0.1) is 6.92 Å². The van der Waals surface area contributed by atoms with E-state index in [1.54, 1.807) is 54.4 Å². The van der Waals surface area contributed by atoms with E-state index in [1.807, 2.05) is 37.3 Å². The Morgan fingerprint density at radius 1 is 1.00 bits per heavy atom. The number of thiazole rings is 1. The summed E-state index contributed by atoms with van der Waals surface area (Å²) in [6.07, 6.45) is 2.34. The Morgan fingerprint density at radius 2 is 1.77 bits per heavy atom. The van der Waals surface area contributed by atoms with Crippen LogP contribution in [0.4, 0.5) is 15.6 Å². The molecule has 0 radical (unpaired) electrons. The number of hydrogen-bond donors (Lipinski definition) is 3. The molecular weight excluding hydrogens is 534 g/mol. The van der Waals surface area contributed by atoms with Gasteiger partial charge in [0, 0.05) is 33.7 Å². The van der Waals surface area contributed by atoms with E-state index in [2.05, 4.69) is 15.6 Å². The molecule has 3 N–H and O–H groups in total. The second-order valence-corrected chi connectivity index (χ2v) is 10.8. The number of carbonyl (C=O) groups excluding carboxylic acids is 2. The largest absolute Gasteiger partial charge is 0.496 e. The van der Waals surface area contributed by atoms with Crippen molar-refractivity contribution in [2.24, 2.45) is 0 Å². The van der Waals surface area contributed by atoms with E-state index in [4.69, 9.17) is 9.84 Å². The average Bonchev–Trinajstić information content (AvgIpc) is 3.38. The van der Waals surface area contributed by atoms with Gasteiger partial charge in [-0.15, -0.1) is 23.1 Å². The average molecular weight is 562 g/mol. The first-order chi connectivity index (χ1) is 18.8. The molecule has 0 bridgehead atoms. The summed E-state index contributed by atoms with van der Waals surface area (Å²) in [6, 6.07) is 19.6. The standard InChI is InChI=1S/C29H27N3O5S2/c1-18-7-13-24(23(15-18)27(35)22-5-3-4-6-25(22)37-2)31-28(36)32-29-30-16-21(39-29)17-38-20-11-8-19(9-12-20)10-14-26(33)34/h3-9,11-13,15-16H,10,14,17H2,1-2H3,(H,33,34)(H2,30,31,32,36). The van der Waals surface area contributed by atoms with Crippen molar-refractivity contribution in [1.82, 2.24) is 4.98 Å². The highest BCUT2D eigenvalue weighted by Crippen LogP contribution is 2.29. The minimum atomic E-state index is -0.808. The van der Waals surface area contributed by atoms with Crippen molar-refractivity contribution in [2.45, 2.75) is 30.4 Å². The first kappa shape index (κ1) is 27.9. The summed E-state index contributed by atoms with van der Waals surface area (Å²) in [4.78, 5) is 43.2. The number of aryl methyl sites for hydroxylation is 2. The Labute approximate surface area is 234 Å². The summed E-state index contributed by atoms with van der Waals surface area (Å²) in [5, 5.41) is 14.8. The maximum absolute atomic E-state index is 13.3. The van der Waals surface area contributed by atoms with Crippen LogP contribution in [0.25, 0.3) is 0 Å². The van der Waals surface area contributed by atoms with E-state index in [1.165, 1.54) is 18.4 Å². The minimum Gasteiger partial charge on any atom is -0.496 e. The van der Waals surface area contributed by atoms with Gasteiger partial charge in [-0.1, -0.05) is 35.9 Å². The fraction of sp³-hybridized carbons (Fsp3) is 0.172. The second-order valence-electron chi connectivity index (χ2n) is 8.62. The van der Waals surface area contributed by atoms with Gasteiger partial charge in [0.2, 0.25) is 0 Å². The van der Waals surface area contributed by atoms with Gasteiger partial charge in [-0.25, -0.2) is 9.78 Å². The Bertz CT molecular complexity index is 1480. The number of carboxylic acids is 1. The third-order valence-corrected chi connectivity index (χ3v) is 7.88. The summed E-state index contributed by atoms with van der Waals surface area (Å²) in [5.41, 5.74) is 3.02. The van der Waals surface area contributed by atoms with E-state index < -0.39 is 12.0 Å². The SMILES string of the molecule is COc1ccccc1C(=O)c1cc(C)ccc1NC(=O)Nc1ncc(CSc2ccc(CCC(=O)O)cc2)s1. The molecule has 10 heteroatoms. The number of aliphatic carboxylic acids is 1. The van der Waals surface area contributed by atoms with Crippen LogP contribution < -0.4 is 15.4 Å². The number of nitrogens with zero attached hydrogens (tertiary/aromatic N) is 1. The van der Waals surface area contributed by atoms with E-state index in [0.29, 0.717) is 39.9 Å². The molecule has 1 heterocycles. The van der Waals surface area contributed by atoms with Crippen LogP contribution in [0.2, 0.25) is 0 Å². The maximum atomic E-state index is 13.3. The van der Waals surface area contributed by atoms with Crippen molar-refractivity contribution in [3.8, 4) is 5.75 Å². The van der Waals surface area contributed by atoms with Crippen LogP contribution in [0.15, 0.2) is 77.8 Å². The summed E-state index contributed by atoms with van der Waals surface area (Å²) >= 11 is 2.99. The molecule has 0 aliphatic rings. The highest BCUT2D eigenvalue weighted by molar-refractivity contribution is 7.98.